The summed E-state index contributed by atoms with van der Waals surface area (Å²) >= 11 is 4.78. The molecule has 0 amide bonds. The van der Waals surface area contributed by atoms with Gasteiger partial charge in [0.05, 0.1) is 11.1 Å². The number of rotatable bonds is 2. The van der Waals surface area contributed by atoms with Crippen LogP contribution in [0.1, 0.15) is 11.1 Å². The summed E-state index contributed by atoms with van der Waals surface area (Å²) in [5.41, 5.74) is -3.36. The number of thiocarbonyl (C=S) groups is 1. The largest absolute Gasteiger partial charge is 0.416 e. The number of aromatic nitrogens is 3. The summed E-state index contributed by atoms with van der Waals surface area (Å²) in [6, 6.07) is 1.06. The fourth-order valence-electron chi connectivity index (χ4n) is 1.56. The Labute approximate surface area is 130 Å². The summed E-state index contributed by atoms with van der Waals surface area (Å²) in [6.45, 7) is 0. The number of halogens is 6. The smallest absolute Gasteiger partial charge is 0.332 e. The molecule has 0 aliphatic rings. The number of benzene rings is 1. The molecule has 0 saturated carbocycles. The van der Waals surface area contributed by atoms with E-state index in [9.17, 15) is 26.3 Å². The van der Waals surface area contributed by atoms with Crippen LogP contribution in [-0.2, 0) is 12.4 Å². The van der Waals surface area contributed by atoms with E-state index in [2.05, 4.69) is 25.8 Å². The van der Waals surface area contributed by atoms with E-state index in [1.807, 2.05) is 0 Å². The Hall–Kier alpha value is -2.37. The van der Waals surface area contributed by atoms with E-state index in [1.165, 1.54) is 0 Å². The van der Waals surface area contributed by atoms with Crippen molar-refractivity contribution < 1.29 is 26.3 Å². The molecule has 0 spiro atoms. The first-order valence-corrected chi connectivity index (χ1v) is 6.19. The van der Waals surface area contributed by atoms with Crippen LogP contribution in [0.5, 0.6) is 0 Å². The SMILES string of the molecule is FC(F)(F)c1cc(NC(=S)Nc2ncn[nH]2)cc(C(F)(F)F)c1. The van der Waals surface area contributed by atoms with Crippen molar-refractivity contribution in [2.45, 2.75) is 12.4 Å². The summed E-state index contributed by atoms with van der Waals surface area (Å²) in [6.07, 6.45) is -8.73. The Morgan fingerprint density at radius 3 is 1.96 bits per heavy atom. The second-order valence-corrected chi connectivity index (χ2v) is 4.62. The molecule has 5 nitrogen and oxygen atoms in total. The van der Waals surface area contributed by atoms with Crippen LogP contribution in [0.2, 0.25) is 0 Å². The maximum absolute atomic E-state index is 12.7. The summed E-state index contributed by atoms with van der Waals surface area (Å²) < 4.78 is 76.3. The van der Waals surface area contributed by atoms with Crippen LogP contribution in [-0.4, -0.2) is 20.3 Å². The molecule has 23 heavy (non-hydrogen) atoms. The Morgan fingerprint density at radius 2 is 1.52 bits per heavy atom. The van der Waals surface area contributed by atoms with Crippen molar-refractivity contribution in [3.05, 3.63) is 35.7 Å². The molecule has 1 heterocycles. The zero-order valence-electron chi connectivity index (χ0n) is 10.9. The van der Waals surface area contributed by atoms with Crippen LogP contribution in [0, 0.1) is 0 Å². The number of anilines is 2. The van der Waals surface area contributed by atoms with Crippen LogP contribution in [0.15, 0.2) is 24.5 Å². The second kappa shape index (κ2) is 6.02. The predicted octanol–water partition coefficient (Wildman–Crippen LogP) is 3.65. The highest BCUT2D eigenvalue weighted by Crippen LogP contribution is 2.37. The lowest BCUT2D eigenvalue weighted by molar-refractivity contribution is -0.143. The molecule has 1 aromatic heterocycles. The van der Waals surface area contributed by atoms with Crippen LogP contribution in [0.25, 0.3) is 0 Å². The molecule has 12 heteroatoms. The molecule has 0 saturated heterocycles. The lowest BCUT2D eigenvalue weighted by atomic mass is 10.1. The molecule has 0 radical (unpaired) electrons. The average Bonchev–Trinajstić information content (AvgIpc) is 2.88. The first kappa shape index (κ1) is 17.0. The fraction of sp³-hybridized carbons (Fsp3) is 0.182. The molecule has 2 rings (SSSR count). The minimum atomic E-state index is -4.93. The van der Waals surface area contributed by atoms with Gasteiger partial charge in [0.15, 0.2) is 5.11 Å². The number of hydrogen-bond donors (Lipinski definition) is 3. The molecule has 0 unspecified atom stereocenters. The molecule has 0 fully saturated rings. The fourth-order valence-corrected chi connectivity index (χ4v) is 1.78. The van der Waals surface area contributed by atoms with Gasteiger partial charge in [0.25, 0.3) is 0 Å². The molecule has 3 N–H and O–H groups in total. The zero-order chi connectivity index (χ0) is 17.3. The molecule has 1 aromatic carbocycles. The van der Waals surface area contributed by atoms with E-state index in [0.717, 1.165) is 6.33 Å². The van der Waals surface area contributed by atoms with Crippen molar-refractivity contribution in [1.82, 2.24) is 15.2 Å². The lowest BCUT2D eigenvalue weighted by Crippen LogP contribution is -2.21. The highest BCUT2D eigenvalue weighted by Gasteiger charge is 2.37. The Balaban J connectivity index is 2.28. The van der Waals surface area contributed by atoms with Gasteiger partial charge >= 0.3 is 12.4 Å². The van der Waals surface area contributed by atoms with E-state index in [0.29, 0.717) is 12.1 Å². The van der Waals surface area contributed by atoms with Crippen LogP contribution in [0.3, 0.4) is 0 Å². The van der Waals surface area contributed by atoms with Crippen molar-refractivity contribution in [3.63, 3.8) is 0 Å². The first-order chi connectivity index (χ1) is 10.6. The summed E-state index contributed by atoms with van der Waals surface area (Å²) in [4.78, 5) is 3.65. The van der Waals surface area contributed by atoms with E-state index in [1.54, 1.807) is 0 Å². The van der Waals surface area contributed by atoms with Crippen molar-refractivity contribution in [2.75, 3.05) is 10.6 Å². The maximum atomic E-state index is 12.7. The van der Waals surface area contributed by atoms with E-state index >= 15 is 0 Å². The Bertz CT molecular complexity index is 662. The summed E-state index contributed by atoms with van der Waals surface area (Å²) in [5.74, 6) is 0.0746. The maximum Gasteiger partial charge on any atom is 0.416 e. The van der Waals surface area contributed by atoms with Crippen molar-refractivity contribution >= 4 is 29.0 Å². The van der Waals surface area contributed by atoms with Gasteiger partial charge in [-0.3, -0.25) is 0 Å². The Morgan fingerprint density at radius 1 is 0.957 bits per heavy atom. The zero-order valence-corrected chi connectivity index (χ0v) is 11.7. The molecule has 0 bridgehead atoms. The van der Waals surface area contributed by atoms with E-state index in [4.69, 9.17) is 12.2 Å². The highest BCUT2D eigenvalue weighted by molar-refractivity contribution is 7.80. The van der Waals surface area contributed by atoms with Crippen molar-refractivity contribution in [3.8, 4) is 0 Å². The third-order valence-electron chi connectivity index (χ3n) is 2.49. The molecule has 124 valence electrons. The standard InChI is InChI=1S/C11H7F6N5S/c12-10(13,14)5-1-6(11(15,16)17)3-7(2-5)20-9(23)21-8-18-4-19-22-8/h1-4H,(H3,18,19,20,21,22,23). The lowest BCUT2D eigenvalue weighted by Gasteiger charge is -2.15. The number of aromatic amines is 1. The quantitative estimate of drug-likeness (QED) is 0.567. The second-order valence-electron chi connectivity index (χ2n) is 4.21. The minimum Gasteiger partial charge on any atom is -0.332 e. The van der Waals surface area contributed by atoms with Gasteiger partial charge in [-0.05, 0) is 30.4 Å². The third kappa shape index (κ3) is 4.55. The Kier molecular flexibility index (Phi) is 4.45. The molecule has 0 aliphatic heterocycles. The van der Waals surface area contributed by atoms with Crippen LogP contribution >= 0.6 is 12.2 Å². The molecule has 0 aliphatic carbocycles. The van der Waals surface area contributed by atoms with Crippen LogP contribution in [0.4, 0.5) is 38.0 Å². The van der Waals surface area contributed by atoms with Gasteiger partial charge in [-0.25, -0.2) is 5.10 Å². The van der Waals surface area contributed by atoms with E-state index in [-0.39, 0.29) is 17.1 Å². The highest BCUT2D eigenvalue weighted by atomic mass is 32.1. The van der Waals surface area contributed by atoms with E-state index < -0.39 is 29.2 Å². The van der Waals surface area contributed by atoms with Crippen molar-refractivity contribution in [2.24, 2.45) is 0 Å². The van der Waals surface area contributed by atoms with Gasteiger partial charge in [0.2, 0.25) is 5.95 Å². The first-order valence-electron chi connectivity index (χ1n) is 5.78. The predicted molar refractivity (Wildman–Crippen MR) is 72.7 cm³/mol. The average molecular weight is 355 g/mol. The number of nitrogens with zero attached hydrogens (tertiary/aromatic N) is 2. The van der Waals surface area contributed by atoms with Gasteiger partial charge in [-0.1, -0.05) is 0 Å². The van der Waals surface area contributed by atoms with Gasteiger partial charge < -0.3 is 10.6 Å². The minimum absolute atomic E-state index is 0.0259. The topological polar surface area (TPSA) is 65.6 Å². The van der Waals surface area contributed by atoms with Crippen LogP contribution < -0.4 is 10.6 Å². The number of H-pyrrole nitrogens is 1. The number of alkyl halides is 6. The molecule has 0 atom stereocenters. The molecular weight excluding hydrogens is 348 g/mol. The number of nitrogens with one attached hydrogen (secondary N) is 3. The van der Waals surface area contributed by atoms with Gasteiger partial charge in [0, 0.05) is 5.69 Å². The van der Waals surface area contributed by atoms with Gasteiger partial charge in [-0.15, -0.1) is 0 Å². The van der Waals surface area contributed by atoms with Crippen molar-refractivity contribution in [1.29, 1.82) is 0 Å². The number of hydrogen-bond acceptors (Lipinski definition) is 3. The normalized spacial score (nSPS) is 12.1. The summed E-state index contributed by atoms with van der Waals surface area (Å²) in [5, 5.41) is 10.3. The monoisotopic (exact) mass is 355 g/mol. The third-order valence-corrected chi connectivity index (χ3v) is 2.70. The molecular formula is C11H7F6N5S. The van der Waals surface area contributed by atoms with Gasteiger partial charge in [0.1, 0.15) is 6.33 Å². The van der Waals surface area contributed by atoms with Gasteiger partial charge in [-0.2, -0.15) is 36.4 Å². The summed E-state index contributed by atoms with van der Waals surface area (Å²) in [7, 11) is 0. The molecule has 2 aromatic rings.